The van der Waals surface area contributed by atoms with Crippen molar-refractivity contribution in [1.29, 1.82) is 0 Å². The van der Waals surface area contributed by atoms with Gasteiger partial charge in [0.05, 0.1) is 29.8 Å². The summed E-state index contributed by atoms with van der Waals surface area (Å²) in [5.74, 6) is 0.838. The number of hydrogen-bond acceptors (Lipinski definition) is 3. The number of piperidine rings is 1. The molecule has 5 heteroatoms. The molecule has 112 valence electrons. The maximum atomic E-state index is 5.29. The fraction of sp³-hybridized carbons (Fsp3) is 0.438. The molecule has 1 aliphatic heterocycles. The lowest BCUT2D eigenvalue weighted by Crippen LogP contribution is -2.35. The van der Waals surface area contributed by atoms with E-state index in [1.807, 2.05) is 18.6 Å². The molecular weight excluding hydrogens is 330 g/mol. The molecule has 2 aromatic rings. The Kier molecular flexibility index (Phi) is 4.31. The summed E-state index contributed by atoms with van der Waals surface area (Å²) >= 11 is 3.55. The number of halogens is 1. The highest BCUT2D eigenvalue weighted by Gasteiger charge is 2.22. The minimum atomic E-state index is 0.372. The summed E-state index contributed by atoms with van der Waals surface area (Å²) in [5, 5.41) is 3.67. The highest BCUT2D eigenvalue weighted by molar-refractivity contribution is 9.10. The van der Waals surface area contributed by atoms with Crippen LogP contribution in [0.1, 0.15) is 37.9 Å². The standard InChI is InChI=1S/C16H20BrN3O/c1-11-4-3-5-14(19-11)15-9-18-10-20(15)12-6-7-16(21-2)13(17)8-12/h6-11,14,19H,3-5H2,1-2H3. The maximum Gasteiger partial charge on any atom is 0.133 e. The Bertz CT molecular complexity index is 626. The molecule has 1 aromatic heterocycles. The van der Waals surface area contributed by atoms with E-state index < -0.39 is 0 Å². The van der Waals surface area contributed by atoms with Gasteiger partial charge >= 0.3 is 0 Å². The summed E-state index contributed by atoms with van der Waals surface area (Å²) in [4.78, 5) is 4.35. The summed E-state index contributed by atoms with van der Waals surface area (Å²) in [6.45, 7) is 2.25. The first-order chi connectivity index (χ1) is 10.2. The van der Waals surface area contributed by atoms with E-state index in [0.29, 0.717) is 12.1 Å². The molecule has 2 unspecified atom stereocenters. The molecule has 0 bridgehead atoms. The van der Waals surface area contributed by atoms with Gasteiger partial charge in [0.2, 0.25) is 0 Å². The number of aromatic nitrogens is 2. The van der Waals surface area contributed by atoms with Crippen molar-refractivity contribution >= 4 is 15.9 Å². The third-order valence-corrected chi connectivity index (χ3v) is 4.67. The van der Waals surface area contributed by atoms with Gasteiger partial charge in [-0.3, -0.25) is 0 Å². The van der Waals surface area contributed by atoms with Gasteiger partial charge in [-0.1, -0.05) is 0 Å². The second-order valence-electron chi connectivity index (χ2n) is 5.56. The van der Waals surface area contributed by atoms with E-state index in [-0.39, 0.29) is 0 Å². The number of rotatable bonds is 3. The predicted octanol–water partition coefficient (Wildman–Crippen LogP) is 3.85. The minimum absolute atomic E-state index is 0.372. The zero-order valence-corrected chi connectivity index (χ0v) is 13.9. The molecular formula is C16H20BrN3O. The summed E-state index contributed by atoms with van der Waals surface area (Å²) in [5.41, 5.74) is 2.31. The third kappa shape index (κ3) is 2.99. The molecule has 0 aliphatic carbocycles. The largest absolute Gasteiger partial charge is 0.496 e. The monoisotopic (exact) mass is 349 g/mol. The lowest BCUT2D eigenvalue weighted by Gasteiger charge is -2.29. The van der Waals surface area contributed by atoms with Crippen LogP contribution >= 0.6 is 15.9 Å². The van der Waals surface area contributed by atoms with Crippen molar-refractivity contribution in [2.75, 3.05) is 7.11 Å². The first-order valence-electron chi connectivity index (χ1n) is 7.31. The van der Waals surface area contributed by atoms with Crippen LogP contribution in [0.15, 0.2) is 35.2 Å². The molecule has 1 saturated heterocycles. The molecule has 0 radical (unpaired) electrons. The van der Waals surface area contributed by atoms with Crippen LogP contribution < -0.4 is 10.1 Å². The maximum absolute atomic E-state index is 5.29. The summed E-state index contributed by atoms with van der Waals surface area (Å²) in [6.07, 6.45) is 7.51. The molecule has 21 heavy (non-hydrogen) atoms. The Balaban J connectivity index is 1.93. The van der Waals surface area contributed by atoms with E-state index in [9.17, 15) is 0 Å². The molecule has 2 heterocycles. The van der Waals surface area contributed by atoms with Gasteiger partial charge in [-0.05, 0) is 60.3 Å². The van der Waals surface area contributed by atoms with Crippen molar-refractivity contribution in [1.82, 2.24) is 14.9 Å². The first kappa shape index (κ1) is 14.6. The van der Waals surface area contributed by atoms with Crippen LogP contribution in [0.4, 0.5) is 0 Å². The van der Waals surface area contributed by atoms with Gasteiger partial charge in [0.15, 0.2) is 0 Å². The van der Waals surface area contributed by atoms with Crippen molar-refractivity contribution < 1.29 is 4.74 Å². The quantitative estimate of drug-likeness (QED) is 0.914. The summed E-state index contributed by atoms with van der Waals surface area (Å²) in [6, 6.07) is 7.03. The highest BCUT2D eigenvalue weighted by atomic mass is 79.9. The molecule has 3 rings (SSSR count). The first-order valence-corrected chi connectivity index (χ1v) is 8.10. The van der Waals surface area contributed by atoms with E-state index in [2.05, 4.69) is 49.9 Å². The molecule has 0 spiro atoms. The van der Waals surface area contributed by atoms with Crippen LogP contribution in [0.2, 0.25) is 0 Å². The summed E-state index contributed by atoms with van der Waals surface area (Å²) < 4.78 is 8.40. The lowest BCUT2D eigenvalue weighted by molar-refractivity contribution is 0.334. The molecule has 1 fully saturated rings. The van der Waals surface area contributed by atoms with Crippen molar-refractivity contribution in [3.8, 4) is 11.4 Å². The van der Waals surface area contributed by atoms with Gasteiger partial charge in [-0.15, -0.1) is 0 Å². The number of nitrogens with zero attached hydrogens (tertiary/aromatic N) is 2. The van der Waals surface area contributed by atoms with Crippen molar-refractivity contribution in [3.63, 3.8) is 0 Å². The van der Waals surface area contributed by atoms with Crippen LogP contribution in [-0.4, -0.2) is 22.7 Å². The van der Waals surface area contributed by atoms with Crippen LogP contribution in [0, 0.1) is 0 Å². The Morgan fingerprint density at radius 1 is 1.38 bits per heavy atom. The number of imidazole rings is 1. The Morgan fingerprint density at radius 2 is 2.24 bits per heavy atom. The van der Waals surface area contributed by atoms with Crippen LogP contribution in [-0.2, 0) is 0 Å². The average molecular weight is 350 g/mol. The molecule has 4 nitrogen and oxygen atoms in total. The fourth-order valence-corrected chi connectivity index (χ4v) is 3.48. The van der Waals surface area contributed by atoms with E-state index in [1.54, 1.807) is 7.11 Å². The molecule has 2 atom stereocenters. The molecule has 1 aliphatic rings. The number of hydrogen-bond donors (Lipinski definition) is 1. The van der Waals surface area contributed by atoms with Gasteiger partial charge in [0, 0.05) is 17.8 Å². The topological polar surface area (TPSA) is 39.1 Å². The Hall–Kier alpha value is -1.33. The van der Waals surface area contributed by atoms with Gasteiger partial charge in [-0.25, -0.2) is 4.98 Å². The molecule has 0 saturated carbocycles. The number of ether oxygens (including phenoxy) is 1. The van der Waals surface area contributed by atoms with Crippen LogP contribution in [0.25, 0.3) is 5.69 Å². The lowest BCUT2D eigenvalue weighted by atomic mass is 9.97. The summed E-state index contributed by atoms with van der Waals surface area (Å²) in [7, 11) is 1.68. The smallest absolute Gasteiger partial charge is 0.133 e. The average Bonchev–Trinajstić information content (AvgIpc) is 2.96. The number of methoxy groups -OCH3 is 1. The van der Waals surface area contributed by atoms with Gasteiger partial charge in [-0.2, -0.15) is 0 Å². The zero-order chi connectivity index (χ0) is 14.8. The SMILES string of the molecule is COc1ccc(-n2cncc2C2CCCC(C)N2)cc1Br. The molecule has 0 amide bonds. The normalized spacial score (nSPS) is 22.2. The predicted molar refractivity (Wildman–Crippen MR) is 87.0 cm³/mol. The third-order valence-electron chi connectivity index (χ3n) is 4.05. The van der Waals surface area contributed by atoms with Crippen LogP contribution in [0.5, 0.6) is 5.75 Å². The second-order valence-corrected chi connectivity index (χ2v) is 6.41. The van der Waals surface area contributed by atoms with Crippen LogP contribution in [0.3, 0.4) is 0 Å². The zero-order valence-electron chi connectivity index (χ0n) is 12.3. The van der Waals surface area contributed by atoms with Crippen molar-refractivity contribution in [2.45, 2.75) is 38.3 Å². The van der Waals surface area contributed by atoms with E-state index in [1.165, 1.54) is 18.5 Å². The second kappa shape index (κ2) is 6.20. The fourth-order valence-electron chi connectivity index (χ4n) is 2.96. The number of nitrogens with one attached hydrogen (secondary N) is 1. The number of benzene rings is 1. The van der Waals surface area contributed by atoms with Gasteiger partial charge < -0.3 is 14.6 Å². The van der Waals surface area contributed by atoms with Crippen molar-refractivity contribution in [3.05, 3.63) is 40.9 Å². The van der Waals surface area contributed by atoms with Gasteiger partial charge in [0.1, 0.15) is 5.75 Å². The van der Waals surface area contributed by atoms with Crippen molar-refractivity contribution in [2.24, 2.45) is 0 Å². The Labute approximate surface area is 133 Å². The van der Waals surface area contributed by atoms with Gasteiger partial charge in [0.25, 0.3) is 0 Å². The van der Waals surface area contributed by atoms with E-state index >= 15 is 0 Å². The Morgan fingerprint density at radius 3 is 2.95 bits per heavy atom. The molecule has 1 N–H and O–H groups in total. The minimum Gasteiger partial charge on any atom is -0.496 e. The van der Waals surface area contributed by atoms with E-state index in [0.717, 1.165) is 22.3 Å². The highest BCUT2D eigenvalue weighted by Crippen LogP contribution is 2.30. The molecule has 1 aromatic carbocycles. The van der Waals surface area contributed by atoms with E-state index in [4.69, 9.17) is 4.74 Å².